The average molecular weight is 241 g/mol. The highest BCUT2D eigenvalue weighted by molar-refractivity contribution is 5.94. The minimum absolute atomic E-state index is 0.0567. The SMILES string of the molecule is CC(C)[C@@H](CO)Nc1c(F)cccc1C(=O)O. The summed E-state index contributed by atoms with van der Waals surface area (Å²) in [6.07, 6.45) is 0. The smallest absolute Gasteiger partial charge is 0.337 e. The molecule has 17 heavy (non-hydrogen) atoms. The molecule has 1 aromatic rings. The van der Waals surface area contributed by atoms with E-state index in [1.54, 1.807) is 0 Å². The Balaban J connectivity index is 3.07. The van der Waals surface area contributed by atoms with Crippen LogP contribution in [-0.4, -0.2) is 28.8 Å². The van der Waals surface area contributed by atoms with E-state index in [1.807, 2.05) is 13.8 Å². The van der Waals surface area contributed by atoms with Crippen LogP contribution in [0.15, 0.2) is 18.2 Å². The fourth-order valence-electron chi connectivity index (χ4n) is 1.46. The van der Waals surface area contributed by atoms with E-state index < -0.39 is 11.8 Å². The van der Waals surface area contributed by atoms with Gasteiger partial charge in [0.25, 0.3) is 0 Å². The van der Waals surface area contributed by atoms with Gasteiger partial charge in [-0.1, -0.05) is 19.9 Å². The number of benzene rings is 1. The molecule has 0 saturated heterocycles. The fourth-order valence-corrected chi connectivity index (χ4v) is 1.46. The minimum atomic E-state index is -1.20. The molecule has 0 aliphatic heterocycles. The fraction of sp³-hybridized carbons (Fsp3) is 0.417. The Bertz CT molecular complexity index is 407. The van der Waals surface area contributed by atoms with Crippen LogP contribution in [-0.2, 0) is 0 Å². The van der Waals surface area contributed by atoms with Crippen LogP contribution in [0.25, 0.3) is 0 Å². The third-order valence-electron chi connectivity index (χ3n) is 2.58. The summed E-state index contributed by atoms with van der Waals surface area (Å²) in [7, 11) is 0. The summed E-state index contributed by atoms with van der Waals surface area (Å²) >= 11 is 0. The molecular formula is C12H16FNO3. The summed E-state index contributed by atoms with van der Waals surface area (Å²) < 4.78 is 13.6. The number of hydrogen-bond donors (Lipinski definition) is 3. The maximum Gasteiger partial charge on any atom is 0.337 e. The molecule has 1 rings (SSSR count). The quantitative estimate of drug-likeness (QED) is 0.737. The number of hydrogen-bond acceptors (Lipinski definition) is 3. The van der Waals surface area contributed by atoms with Gasteiger partial charge >= 0.3 is 5.97 Å². The molecule has 0 unspecified atom stereocenters. The van der Waals surface area contributed by atoms with Crippen molar-refractivity contribution < 1.29 is 19.4 Å². The highest BCUT2D eigenvalue weighted by Gasteiger charge is 2.19. The van der Waals surface area contributed by atoms with E-state index >= 15 is 0 Å². The summed E-state index contributed by atoms with van der Waals surface area (Å²) in [6, 6.07) is 3.46. The van der Waals surface area contributed by atoms with Gasteiger partial charge in [0, 0.05) is 0 Å². The zero-order chi connectivity index (χ0) is 13.0. The van der Waals surface area contributed by atoms with Crippen LogP contribution in [0.3, 0.4) is 0 Å². The molecule has 0 aliphatic carbocycles. The normalized spacial score (nSPS) is 12.5. The van der Waals surface area contributed by atoms with Crippen molar-refractivity contribution in [1.82, 2.24) is 0 Å². The first-order valence-electron chi connectivity index (χ1n) is 5.36. The van der Waals surface area contributed by atoms with Crippen LogP contribution >= 0.6 is 0 Å². The summed E-state index contributed by atoms with van der Waals surface area (Å²) in [5.74, 6) is -1.78. The van der Waals surface area contributed by atoms with Crippen molar-refractivity contribution in [3.8, 4) is 0 Å². The van der Waals surface area contributed by atoms with E-state index in [0.29, 0.717) is 0 Å². The molecular weight excluding hydrogens is 225 g/mol. The number of nitrogens with one attached hydrogen (secondary N) is 1. The van der Waals surface area contributed by atoms with Gasteiger partial charge in [-0.2, -0.15) is 0 Å². The predicted octanol–water partition coefficient (Wildman–Crippen LogP) is 1.95. The van der Waals surface area contributed by atoms with E-state index in [2.05, 4.69) is 5.32 Å². The first-order chi connectivity index (χ1) is 7.97. The van der Waals surface area contributed by atoms with Gasteiger partial charge < -0.3 is 15.5 Å². The van der Waals surface area contributed by atoms with Gasteiger partial charge in [-0.25, -0.2) is 9.18 Å². The lowest BCUT2D eigenvalue weighted by Gasteiger charge is -2.22. The van der Waals surface area contributed by atoms with Crippen LogP contribution in [0, 0.1) is 11.7 Å². The summed E-state index contributed by atoms with van der Waals surface area (Å²) in [6.45, 7) is 3.52. The van der Waals surface area contributed by atoms with E-state index in [1.165, 1.54) is 18.2 Å². The third-order valence-corrected chi connectivity index (χ3v) is 2.58. The first-order valence-corrected chi connectivity index (χ1v) is 5.36. The van der Waals surface area contributed by atoms with Crippen molar-refractivity contribution in [1.29, 1.82) is 0 Å². The Kier molecular flexibility index (Phi) is 4.45. The third kappa shape index (κ3) is 3.17. The van der Waals surface area contributed by atoms with Crippen molar-refractivity contribution in [3.05, 3.63) is 29.6 Å². The lowest BCUT2D eigenvalue weighted by atomic mass is 10.0. The van der Waals surface area contributed by atoms with E-state index in [4.69, 9.17) is 10.2 Å². The van der Waals surface area contributed by atoms with Crippen LogP contribution in [0.1, 0.15) is 24.2 Å². The Morgan fingerprint density at radius 3 is 2.59 bits per heavy atom. The Hall–Kier alpha value is -1.62. The lowest BCUT2D eigenvalue weighted by Crippen LogP contribution is -2.30. The second-order valence-electron chi connectivity index (χ2n) is 4.14. The van der Waals surface area contributed by atoms with Gasteiger partial charge in [0.1, 0.15) is 5.82 Å². The van der Waals surface area contributed by atoms with Crippen molar-refractivity contribution in [2.75, 3.05) is 11.9 Å². The van der Waals surface area contributed by atoms with E-state index in [-0.39, 0.29) is 29.8 Å². The maximum absolute atomic E-state index is 13.6. The monoisotopic (exact) mass is 241 g/mol. The summed E-state index contributed by atoms with van der Waals surface area (Å²) in [5.41, 5.74) is -0.211. The molecule has 0 aliphatic rings. The highest BCUT2D eigenvalue weighted by Crippen LogP contribution is 2.22. The highest BCUT2D eigenvalue weighted by atomic mass is 19.1. The second-order valence-corrected chi connectivity index (χ2v) is 4.14. The molecule has 0 amide bonds. The standard InChI is InChI=1S/C12H16FNO3/c1-7(2)10(6-15)14-11-8(12(16)17)4-3-5-9(11)13/h3-5,7,10,14-15H,6H2,1-2H3,(H,16,17)/t10-/m1/s1. The van der Waals surface area contributed by atoms with Crippen molar-refractivity contribution in [2.45, 2.75) is 19.9 Å². The van der Waals surface area contributed by atoms with E-state index in [9.17, 15) is 9.18 Å². The topological polar surface area (TPSA) is 69.6 Å². The first kappa shape index (κ1) is 13.4. The lowest BCUT2D eigenvalue weighted by molar-refractivity contribution is 0.0697. The minimum Gasteiger partial charge on any atom is -0.478 e. The molecule has 5 heteroatoms. The average Bonchev–Trinajstić information content (AvgIpc) is 2.26. The summed E-state index contributed by atoms with van der Waals surface area (Å²) in [4.78, 5) is 10.9. The van der Waals surface area contributed by atoms with Crippen LogP contribution in [0.5, 0.6) is 0 Å². The van der Waals surface area contributed by atoms with Crippen molar-refractivity contribution >= 4 is 11.7 Å². The number of para-hydroxylation sites is 1. The molecule has 0 fully saturated rings. The Morgan fingerprint density at radius 2 is 2.12 bits per heavy atom. The van der Waals surface area contributed by atoms with E-state index in [0.717, 1.165) is 0 Å². The maximum atomic E-state index is 13.6. The van der Waals surface area contributed by atoms with Crippen LogP contribution in [0.2, 0.25) is 0 Å². The number of carboxylic acid groups (broad SMARTS) is 1. The zero-order valence-corrected chi connectivity index (χ0v) is 9.77. The molecule has 4 nitrogen and oxygen atoms in total. The van der Waals surface area contributed by atoms with Gasteiger partial charge in [-0.15, -0.1) is 0 Å². The molecule has 0 aromatic heterocycles. The number of aliphatic hydroxyl groups excluding tert-OH is 1. The van der Waals surface area contributed by atoms with Crippen LogP contribution < -0.4 is 5.32 Å². The number of carbonyl (C=O) groups is 1. The summed E-state index contributed by atoms with van der Waals surface area (Å²) in [5, 5.41) is 20.8. The molecule has 1 aromatic carbocycles. The number of halogens is 1. The van der Waals surface area contributed by atoms with Gasteiger partial charge in [0.2, 0.25) is 0 Å². The van der Waals surface area contributed by atoms with Gasteiger partial charge in [0.15, 0.2) is 0 Å². The second kappa shape index (κ2) is 5.63. The number of anilines is 1. The van der Waals surface area contributed by atoms with Crippen LogP contribution in [0.4, 0.5) is 10.1 Å². The van der Waals surface area contributed by atoms with Crippen molar-refractivity contribution in [2.24, 2.45) is 5.92 Å². The molecule has 0 radical (unpaired) electrons. The Morgan fingerprint density at radius 1 is 1.47 bits per heavy atom. The molecule has 0 heterocycles. The molecule has 1 atom stereocenters. The zero-order valence-electron chi connectivity index (χ0n) is 9.77. The number of carboxylic acids is 1. The number of aromatic carboxylic acids is 1. The molecule has 94 valence electrons. The number of aliphatic hydroxyl groups is 1. The van der Waals surface area contributed by atoms with Gasteiger partial charge in [-0.05, 0) is 18.1 Å². The van der Waals surface area contributed by atoms with Gasteiger partial charge in [0.05, 0.1) is 23.9 Å². The van der Waals surface area contributed by atoms with Gasteiger partial charge in [-0.3, -0.25) is 0 Å². The Labute approximate surface area is 99.1 Å². The predicted molar refractivity (Wildman–Crippen MR) is 62.7 cm³/mol. The molecule has 0 saturated carbocycles. The largest absolute Gasteiger partial charge is 0.478 e. The molecule has 0 bridgehead atoms. The van der Waals surface area contributed by atoms with Crippen molar-refractivity contribution in [3.63, 3.8) is 0 Å². The molecule has 3 N–H and O–H groups in total. The molecule has 0 spiro atoms. The number of rotatable bonds is 5.